The van der Waals surface area contributed by atoms with Crippen LogP contribution >= 0.6 is 11.3 Å². The Morgan fingerprint density at radius 1 is 1.08 bits per heavy atom. The van der Waals surface area contributed by atoms with Crippen LogP contribution in [-0.2, 0) is 9.59 Å². The van der Waals surface area contributed by atoms with Crippen molar-refractivity contribution in [2.75, 3.05) is 22.1 Å². The number of nitrogens with one attached hydrogen (secondary N) is 2. The third-order valence-corrected chi connectivity index (χ3v) is 4.64. The van der Waals surface area contributed by atoms with Gasteiger partial charge in [-0.15, -0.1) is 11.3 Å². The maximum absolute atomic E-state index is 12.2. The van der Waals surface area contributed by atoms with Gasteiger partial charge >= 0.3 is 0 Å². The Labute approximate surface area is 143 Å². The van der Waals surface area contributed by atoms with Gasteiger partial charge < -0.3 is 15.5 Å². The highest BCUT2D eigenvalue weighted by Crippen LogP contribution is 2.25. The van der Waals surface area contributed by atoms with Gasteiger partial charge in [0.05, 0.1) is 9.88 Å². The summed E-state index contributed by atoms with van der Waals surface area (Å²) in [5, 5.41) is 6.09. The molecule has 0 aliphatic carbocycles. The first kappa shape index (κ1) is 16.2. The quantitative estimate of drug-likeness (QED) is 0.895. The molecule has 7 heteroatoms. The van der Waals surface area contributed by atoms with Crippen molar-refractivity contribution in [3.63, 3.8) is 0 Å². The summed E-state index contributed by atoms with van der Waals surface area (Å²) in [7, 11) is 0. The molecule has 1 fully saturated rings. The second kappa shape index (κ2) is 6.84. The molecular formula is C17H17N3O3S. The van der Waals surface area contributed by atoms with E-state index in [1.54, 1.807) is 29.2 Å². The van der Waals surface area contributed by atoms with E-state index in [0.717, 1.165) is 18.7 Å². The Hall–Kier alpha value is -2.67. The van der Waals surface area contributed by atoms with E-state index in [1.165, 1.54) is 18.3 Å². The second-order valence-electron chi connectivity index (χ2n) is 5.50. The first-order chi connectivity index (χ1) is 11.5. The standard InChI is InChI=1S/C17H17N3O3S/c1-11(21)18-15-9-8-14(24-15)17(23)19-12-4-6-13(7-5-12)20-10-2-3-16(20)22/h4-9H,2-3,10H2,1H3,(H,18,21)(H,19,23). The summed E-state index contributed by atoms with van der Waals surface area (Å²) < 4.78 is 0. The van der Waals surface area contributed by atoms with Crippen molar-refractivity contribution in [3.8, 4) is 0 Å². The number of amides is 3. The molecule has 0 saturated carbocycles. The molecule has 1 saturated heterocycles. The summed E-state index contributed by atoms with van der Waals surface area (Å²) in [5.74, 6) is -0.270. The Morgan fingerprint density at radius 2 is 1.83 bits per heavy atom. The first-order valence-corrected chi connectivity index (χ1v) is 8.44. The lowest BCUT2D eigenvalue weighted by molar-refractivity contribution is -0.117. The van der Waals surface area contributed by atoms with E-state index in [2.05, 4.69) is 10.6 Å². The lowest BCUT2D eigenvalue weighted by Gasteiger charge is -2.16. The Kier molecular flexibility index (Phi) is 4.61. The Morgan fingerprint density at radius 3 is 2.46 bits per heavy atom. The van der Waals surface area contributed by atoms with Gasteiger partial charge in [0.15, 0.2) is 0 Å². The van der Waals surface area contributed by atoms with Crippen LogP contribution in [0.15, 0.2) is 36.4 Å². The summed E-state index contributed by atoms with van der Waals surface area (Å²) >= 11 is 1.22. The highest BCUT2D eigenvalue weighted by molar-refractivity contribution is 7.18. The van der Waals surface area contributed by atoms with E-state index in [1.807, 2.05) is 12.1 Å². The first-order valence-electron chi connectivity index (χ1n) is 7.62. The number of hydrogen-bond acceptors (Lipinski definition) is 4. The van der Waals surface area contributed by atoms with Gasteiger partial charge in [0, 0.05) is 31.3 Å². The Balaban J connectivity index is 1.65. The molecule has 24 heavy (non-hydrogen) atoms. The van der Waals surface area contributed by atoms with E-state index < -0.39 is 0 Å². The fourth-order valence-electron chi connectivity index (χ4n) is 2.54. The summed E-state index contributed by atoms with van der Waals surface area (Å²) in [6, 6.07) is 10.6. The third-order valence-electron chi connectivity index (χ3n) is 3.64. The number of carbonyl (C=O) groups excluding carboxylic acids is 3. The molecule has 2 heterocycles. The number of thiophene rings is 1. The van der Waals surface area contributed by atoms with Gasteiger partial charge in [0.1, 0.15) is 0 Å². The minimum Gasteiger partial charge on any atom is -0.321 e. The predicted octanol–water partition coefficient (Wildman–Crippen LogP) is 3.09. The number of nitrogens with zero attached hydrogens (tertiary/aromatic N) is 1. The molecule has 124 valence electrons. The van der Waals surface area contributed by atoms with Crippen molar-refractivity contribution in [2.24, 2.45) is 0 Å². The van der Waals surface area contributed by atoms with E-state index >= 15 is 0 Å². The SMILES string of the molecule is CC(=O)Nc1ccc(C(=O)Nc2ccc(N3CCCC3=O)cc2)s1. The van der Waals surface area contributed by atoms with Crippen molar-refractivity contribution in [1.29, 1.82) is 0 Å². The van der Waals surface area contributed by atoms with Crippen molar-refractivity contribution in [2.45, 2.75) is 19.8 Å². The topological polar surface area (TPSA) is 78.5 Å². The highest BCUT2D eigenvalue weighted by Gasteiger charge is 2.21. The van der Waals surface area contributed by atoms with Gasteiger partial charge in [-0.05, 0) is 42.8 Å². The molecule has 1 aliphatic rings. The molecule has 6 nitrogen and oxygen atoms in total. The zero-order valence-corrected chi connectivity index (χ0v) is 14.0. The molecule has 1 aromatic heterocycles. The smallest absolute Gasteiger partial charge is 0.265 e. The maximum Gasteiger partial charge on any atom is 0.265 e. The third kappa shape index (κ3) is 3.62. The minimum atomic E-state index is -0.235. The number of carbonyl (C=O) groups is 3. The number of rotatable bonds is 4. The van der Waals surface area contributed by atoms with E-state index in [0.29, 0.717) is 22.0 Å². The van der Waals surface area contributed by atoms with Crippen molar-refractivity contribution in [1.82, 2.24) is 0 Å². The number of benzene rings is 1. The van der Waals surface area contributed by atoms with Gasteiger partial charge in [-0.2, -0.15) is 0 Å². The zero-order chi connectivity index (χ0) is 17.1. The lowest BCUT2D eigenvalue weighted by Crippen LogP contribution is -2.23. The van der Waals surface area contributed by atoms with Crippen LogP contribution in [0.5, 0.6) is 0 Å². The monoisotopic (exact) mass is 343 g/mol. The van der Waals surface area contributed by atoms with Crippen LogP contribution in [0, 0.1) is 0 Å². The fraction of sp³-hybridized carbons (Fsp3) is 0.235. The van der Waals surface area contributed by atoms with Gasteiger partial charge in [-0.3, -0.25) is 14.4 Å². The van der Waals surface area contributed by atoms with Crippen molar-refractivity contribution < 1.29 is 14.4 Å². The van der Waals surface area contributed by atoms with Crippen LogP contribution in [-0.4, -0.2) is 24.3 Å². The predicted molar refractivity (Wildman–Crippen MR) is 94.6 cm³/mol. The molecule has 0 bridgehead atoms. The molecular weight excluding hydrogens is 326 g/mol. The normalized spacial score (nSPS) is 13.9. The molecule has 2 N–H and O–H groups in total. The van der Waals surface area contributed by atoms with Gasteiger partial charge in [-0.1, -0.05) is 0 Å². The highest BCUT2D eigenvalue weighted by atomic mass is 32.1. The molecule has 0 spiro atoms. The summed E-state index contributed by atoms with van der Waals surface area (Å²) in [4.78, 5) is 37.2. The van der Waals surface area contributed by atoms with Gasteiger partial charge in [-0.25, -0.2) is 0 Å². The second-order valence-corrected chi connectivity index (χ2v) is 6.58. The van der Waals surface area contributed by atoms with Gasteiger partial charge in [0.2, 0.25) is 11.8 Å². The van der Waals surface area contributed by atoms with Crippen molar-refractivity contribution >= 4 is 45.4 Å². The Bertz CT molecular complexity index is 783. The zero-order valence-electron chi connectivity index (χ0n) is 13.2. The molecule has 0 unspecified atom stereocenters. The average Bonchev–Trinajstić information content (AvgIpc) is 3.17. The minimum absolute atomic E-state index is 0.135. The van der Waals surface area contributed by atoms with Crippen LogP contribution in [0.2, 0.25) is 0 Å². The molecule has 1 aliphatic heterocycles. The summed E-state index contributed by atoms with van der Waals surface area (Å²) in [5.41, 5.74) is 1.50. The van der Waals surface area contributed by atoms with Crippen LogP contribution in [0.3, 0.4) is 0 Å². The van der Waals surface area contributed by atoms with Crippen LogP contribution in [0.1, 0.15) is 29.4 Å². The summed E-state index contributed by atoms with van der Waals surface area (Å²) in [6.45, 7) is 2.16. The number of hydrogen-bond donors (Lipinski definition) is 2. The molecule has 0 atom stereocenters. The fourth-order valence-corrected chi connectivity index (χ4v) is 3.39. The number of anilines is 3. The van der Waals surface area contributed by atoms with E-state index in [-0.39, 0.29) is 17.7 Å². The van der Waals surface area contributed by atoms with Crippen molar-refractivity contribution in [3.05, 3.63) is 41.3 Å². The molecule has 1 aromatic carbocycles. The molecule has 3 amide bonds. The summed E-state index contributed by atoms with van der Waals surface area (Å²) in [6.07, 6.45) is 1.47. The van der Waals surface area contributed by atoms with Crippen LogP contribution < -0.4 is 15.5 Å². The lowest BCUT2D eigenvalue weighted by atomic mass is 10.2. The maximum atomic E-state index is 12.2. The largest absolute Gasteiger partial charge is 0.321 e. The molecule has 3 rings (SSSR count). The van der Waals surface area contributed by atoms with Crippen LogP contribution in [0.4, 0.5) is 16.4 Å². The average molecular weight is 343 g/mol. The van der Waals surface area contributed by atoms with Gasteiger partial charge in [0.25, 0.3) is 5.91 Å². The molecule has 2 aromatic rings. The van der Waals surface area contributed by atoms with E-state index in [9.17, 15) is 14.4 Å². The molecule has 0 radical (unpaired) electrons. The van der Waals surface area contributed by atoms with Crippen LogP contribution in [0.25, 0.3) is 0 Å². The van der Waals surface area contributed by atoms with E-state index in [4.69, 9.17) is 0 Å².